The number of methoxy groups -OCH3 is 1. The van der Waals surface area contributed by atoms with Crippen LogP contribution < -0.4 is 10.1 Å². The molecule has 0 aliphatic carbocycles. The fourth-order valence-corrected chi connectivity index (χ4v) is 3.21. The maximum absolute atomic E-state index is 13.8. The summed E-state index contributed by atoms with van der Waals surface area (Å²) < 4.78 is 43.8. The van der Waals surface area contributed by atoms with E-state index in [1.54, 1.807) is 13.0 Å². The molecule has 2 aromatic carbocycles. The van der Waals surface area contributed by atoms with Crippen molar-refractivity contribution in [3.8, 4) is 5.75 Å². The van der Waals surface area contributed by atoms with Crippen molar-refractivity contribution in [1.29, 1.82) is 0 Å². The summed E-state index contributed by atoms with van der Waals surface area (Å²) in [5.41, 5.74) is 0.895. The standard InChI is InChI=1S/C18H21FN2O4S/c1-12(14-7-10-17(25-4)16(19)11-14)20-18(22)13-5-8-15(9-6-13)26(23,24)21(2)3/h5-12H,1-4H3,(H,20,22)/t12-/m0/s1. The van der Waals surface area contributed by atoms with Crippen molar-refractivity contribution in [2.45, 2.75) is 17.9 Å². The van der Waals surface area contributed by atoms with Crippen LogP contribution in [0.3, 0.4) is 0 Å². The third-order valence-corrected chi connectivity index (χ3v) is 5.75. The predicted octanol–water partition coefficient (Wildman–Crippen LogP) is 2.58. The van der Waals surface area contributed by atoms with Gasteiger partial charge in [-0.05, 0) is 48.9 Å². The second kappa shape index (κ2) is 7.84. The normalized spacial score (nSPS) is 12.7. The Bertz CT molecular complexity index is 896. The summed E-state index contributed by atoms with van der Waals surface area (Å²) in [5.74, 6) is -0.767. The van der Waals surface area contributed by atoms with Gasteiger partial charge in [0.15, 0.2) is 11.6 Å². The van der Waals surface area contributed by atoms with E-state index in [2.05, 4.69) is 5.32 Å². The zero-order valence-corrected chi connectivity index (χ0v) is 15.8. The lowest BCUT2D eigenvalue weighted by atomic mass is 10.1. The Balaban J connectivity index is 2.13. The molecule has 0 heterocycles. The number of amides is 1. The minimum atomic E-state index is -3.55. The number of benzene rings is 2. The lowest BCUT2D eigenvalue weighted by molar-refractivity contribution is 0.0939. The average molecular weight is 380 g/mol. The van der Waals surface area contributed by atoms with Gasteiger partial charge in [-0.25, -0.2) is 17.1 Å². The first-order valence-corrected chi connectivity index (χ1v) is 9.27. The first-order chi connectivity index (χ1) is 12.2. The molecule has 1 amide bonds. The van der Waals surface area contributed by atoms with Crippen molar-refractivity contribution in [3.63, 3.8) is 0 Å². The number of carbonyl (C=O) groups excluding carboxylic acids is 1. The summed E-state index contributed by atoms with van der Waals surface area (Å²) in [6.45, 7) is 1.73. The molecule has 8 heteroatoms. The van der Waals surface area contributed by atoms with Crippen LogP contribution in [0.25, 0.3) is 0 Å². The Morgan fingerprint density at radius 1 is 1.15 bits per heavy atom. The average Bonchev–Trinajstić information content (AvgIpc) is 2.61. The molecule has 2 aromatic rings. The van der Waals surface area contributed by atoms with Gasteiger partial charge in [0.2, 0.25) is 10.0 Å². The smallest absolute Gasteiger partial charge is 0.251 e. The van der Waals surface area contributed by atoms with Crippen LogP contribution >= 0.6 is 0 Å². The summed E-state index contributed by atoms with van der Waals surface area (Å²) in [7, 11) is 0.702. The molecule has 0 aliphatic rings. The molecule has 2 rings (SSSR count). The maximum atomic E-state index is 13.8. The number of halogens is 1. The van der Waals surface area contributed by atoms with Gasteiger partial charge in [0.05, 0.1) is 18.0 Å². The van der Waals surface area contributed by atoms with Crippen molar-refractivity contribution in [2.75, 3.05) is 21.2 Å². The van der Waals surface area contributed by atoms with Crippen molar-refractivity contribution >= 4 is 15.9 Å². The molecule has 6 nitrogen and oxygen atoms in total. The predicted molar refractivity (Wildman–Crippen MR) is 96.1 cm³/mol. The van der Waals surface area contributed by atoms with E-state index in [1.165, 1.54) is 57.6 Å². The number of hydrogen-bond donors (Lipinski definition) is 1. The van der Waals surface area contributed by atoms with Crippen molar-refractivity contribution < 1.29 is 22.3 Å². The van der Waals surface area contributed by atoms with Gasteiger partial charge >= 0.3 is 0 Å². The van der Waals surface area contributed by atoms with Crippen LogP contribution in [-0.2, 0) is 10.0 Å². The Hall–Kier alpha value is -2.45. The van der Waals surface area contributed by atoms with E-state index in [9.17, 15) is 17.6 Å². The van der Waals surface area contributed by atoms with Gasteiger partial charge in [0, 0.05) is 19.7 Å². The fraction of sp³-hybridized carbons (Fsp3) is 0.278. The molecule has 1 N–H and O–H groups in total. The quantitative estimate of drug-likeness (QED) is 0.836. The zero-order valence-electron chi connectivity index (χ0n) is 15.0. The first kappa shape index (κ1) is 19.9. The summed E-state index contributed by atoms with van der Waals surface area (Å²) in [6.07, 6.45) is 0. The van der Waals surface area contributed by atoms with Crippen LogP contribution in [0.15, 0.2) is 47.4 Å². The molecule has 0 aromatic heterocycles. The molecular formula is C18H21FN2O4S. The molecule has 0 radical (unpaired) electrons. The van der Waals surface area contributed by atoms with Gasteiger partial charge < -0.3 is 10.1 Å². The minimum absolute atomic E-state index is 0.101. The molecule has 0 fully saturated rings. The molecule has 0 spiro atoms. The Morgan fingerprint density at radius 2 is 1.77 bits per heavy atom. The lowest BCUT2D eigenvalue weighted by Gasteiger charge is -2.16. The molecule has 1 atom stereocenters. The van der Waals surface area contributed by atoms with Gasteiger partial charge in [-0.2, -0.15) is 0 Å². The van der Waals surface area contributed by atoms with E-state index in [0.29, 0.717) is 11.1 Å². The first-order valence-electron chi connectivity index (χ1n) is 7.83. The summed E-state index contributed by atoms with van der Waals surface area (Å²) in [4.78, 5) is 12.4. The van der Waals surface area contributed by atoms with E-state index in [1.807, 2.05) is 0 Å². The topological polar surface area (TPSA) is 75.7 Å². The highest BCUT2D eigenvalue weighted by molar-refractivity contribution is 7.89. The van der Waals surface area contributed by atoms with Crippen molar-refractivity contribution in [2.24, 2.45) is 0 Å². The van der Waals surface area contributed by atoms with Crippen LogP contribution in [0.4, 0.5) is 4.39 Å². The number of ether oxygens (including phenoxy) is 1. The number of sulfonamides is 1. The molecule has 26 heavy (non-hydrogen) atoms. The van der Waals surface area contributed by atoms with Crippen LogP contribution in [0, 0.1) is 5.82 Å². The van der Waals surface area contributed by atoms with E-state index in [-0.39, 0.29) is 16.6 Å². The van der Waals surface area contributed by atoms with Crippen LogP contribution in [0.2, 0.25) is 0 Å². The number of nitrogens with zero attached hydrogens (tertiary/aromatic N) is 1. The fourth-order valence-electron chi connectivity index (χ4n) is 2.30. The minimum Gasteiger partial charge on any atom is -0.494 e. The number of rotatable bonds is 6. The largest absolute Gasteiger partial charge is 0.494 e. The zero-order chi connectivity index (χ0) is 19.5. The highest BCUT2D eigenvalue weighted by Gasteiger charge is 2.18. The van der Waals surface area contributed by atoms with Gasteiger partial charge in [0.25, 0.3) is 5.91 Å². The molecule has 0 saturated carbocycles. The van der Waals surface area contributed by atoms with E-state index >= 15 is 0 Å². The number of nitrogens with one attached hydrogen (secondary N) is 1. The SMILES string of the molecule is COc1ccc([C@H](C)NC(=O)c2ccc(S(=O)(=O)N(C)C)cc2)cc1F. The van der Waals surface area contributed by atoms with Crippen LogP contribution in [-0.4, -0.2) is 39.8 Å². The number of carbonyl (C=O) groups is 1. The molecule has 0 bridgehead atoms. The highest BCUT2D eigenvalue weighted by Crippen LogP contribution is 2.22. The summed E-state index contributed by atoms with van der Waals surface area (Å²) in [5, 5.41) is 2.75. The molecule has 0 saturated heterocycles. The summed E-state index contributed by atoms with van der Waals surface area (Å²) in [6, 6.07) is 9.65. The Kier molecular flexibility index (Phi) is 5.99. The van der Waals surface area contributed by atoms with E-state index < -0.39 is 21.9 Å². The van der Waals surface area contributed by atoms with Gasteiger partial charge in [0.1, 0.15) is 0 Å². The second-order valence-corrected chi connectivity index (χ2v) is 8.05. The molecule has 0 unspecified atom stereocenters. The van der Waals surface area contributed by atoms with Gasteiger partial charge in [-0.1, -0.05) is 6.07 Å². The Labute approximate surface area is 152 Å². The maximum Gasteiger partial charge on any atom is 0.251 e. The monoisotopic (exact) mass is 380 g/mol. The molecular weight excluding hydrogens is 359 g/mol. The number of hydrogen-bond acceptors (Lipinski definition) is 4. The summed E-state index contributed by atoms with van der Waals surface area (Å²) >= 11 is 0. The third kappa shape index (κ3) is 4.20. The van der Waals surface area contributed by atoms with Crippen LogP contribution in [0.5, 0.6) is 5.75 Å². The van der Waals surface area contributed by atoms with Crippen molar-refractivity contribution in [1.82, 2.24) is 9.62 Å². The van der Waals surface area contributed by atoms with Crippen LogP contribution in [0.1, 0.15) is 28.9 Å². The molecule has 0 aliphatic heterocycles. The molecule has 140 valence electrons. The second-order valence-electron chi connectivity index (χ2n) is 5.90. The van der Waals surface area contributed by atoms with E-state index in [0.717, 1.165) is 4.31 Å². The highest BCUT2D eigenvalue weighted by atomic mass is 32.2. The third-order valence-electron chi connectivity index (χ3n) is 3.92. The van der Waals surface area contributed by atoms with Gasteiger partial charge in [-0.15, -0.1) is 0 Å². The lowest BCUT2D eigenvalue weighted by Crippen LogP contribution is -2.27. The Morgan fingerprint density at radius 3 is 2.27 bits per heavy atom. The van der Waals surface area contributed by atoms with Crippen molar-refractivity contribution in [3.05, 3.63) is 59.4 Å². The van der Waals surface area contributed by atoms with Gasteiger partial charge in [-0.3, -0.25) is 4.79 Å². The van der Waals surface area contributed by atoms with E-state index in [4.69, 9.17) is 4.74 Å².